The SMILES string of the molecule is CCN(CCCCCCc1ccon1)CCN(C)C. The standard InChI is InChI=1S/C15H29N3O/c1-4-18(13-12-17(2)3)11-8-6-5-7-9-15-10-14-19-16-15/h10,14H,4-9,11-13H2,1-3H3. The summed E-state index contributed by atoms with van der Waals surface area (Å²) in [6, 6.07) is 1.96. The number of likely N-dealkylation sites (N-methyl/N-ethyl adjacent to an activating group) is 2. The lowest BCUT2D eigenvalue weighted by Crippen LogP contribution is -2.32. The van der Waals surface area contributed by atoms with Crippen LogP contribution in [0, 0.1) is 0 Å². The molecule has 1 heterocycles. The van der Waals surface area contributed by atoms with E-state index in [9.17, 15) is 0 Å². The molecule has 0 spiro atoms. The minimum atomic E-state index is 1.05. The van der Waals surface area contributed by atoms with Crippen molar-refractivity contribution in [1.29, 1.82) is 0 Å². The molecule has 110 valence electrons. The van der Waals surface area contributed by atoms with Crippen molar-refractivity contribution >= 4 is 0 Å². The lowest BCUT2D eigenvalue weighted by Gasteiger charge is -2.22. The average molecular weight is 267 g/mol. The van der Waals surface area contributed by atoms with Gasteiger partial charge in [0.2, 0.25) is 0 Å². The third kappa shape index (κ3) is 8.01. The van der Waals surface area contributed by atoms with Gasteiger partial charge in [-0.2, -0.15) is 0 Å². The molecule has 1 aromatic heterocycles. The van der Waals surface area contributed by atoms with Gasteiger partial charge in [-0.15, -0.1) is 0 Å². The lowest BCUT2D eigenvalue weighted by molar-refractivity contribution is 0.246. The maximum atomic E-state index is 4.82. The van der Waals surface area contributed by atoms with E-state index in [1.807, 2.05) is 6.07 Å². The summed E-state index contributed by atoms with van der Waals surface area (Å²) in [4.78, 5) is 4.79. The number of nitrogens with zero attached hydrogens (tertiary/aromatic N) is 3. The van der Waals surface area contributed by atoms with Gasteiger partial charge in [0.25, 0.3) is 0 Å². The third-order valence-electron chi connectivity index (χ3n) is 3.46. The molecule has 0 amide bonds. The van der Waals surface area contributed by atoms with Crippen LogP contribution in [-0.4, -0.2) is 55.2 Å². The molecule has 0 N–H and O–H groups in total. The first kappa shape index (κ1) is 16.2. The Morgan fingerprint density at radius 2 is 1.84 bits per heavy atom. The average Bonchev–Trinajstić information content (AvgIpc) is 2.90. The van der Waals surface area contributed by atoms with Crippen LogP contribution in [0.5, 0.6) is 0 Å². The quantitative estimate of drug-likeness (QED) is 0.577. The molecule has 0 fully saturated rings. The van der Waals surface area contributed by atoms with Gasteiger partial charge in [0.05, 0.1) is 5.69 Å². The van der Waals surface area contributed by atoms with E-state index in [0.717, 1.165) is 25.2 Å². The molecule has 0 unspecified atom stereocenters. The van der Waals surface area contributed by atoms with Gasteiger partial charge in [-0.05, 0) is 46.4 Å². The molecule has 0 radical (unpaired) electrons. The van der Waals surface area contributed by atoms with E-state index in [1.165, 1.54) is 38.8 Å². The van der Waals surface area contributed by atoms with E-state index in [0.29, 0.717) is 0 Å². The first-order valence-corrected chi connectivity index (χ1v) is 7.48. The second-order valence-electron chi connectivity index (χ2n) is 5.39. The van der Waals surface area contributed by atoms with Gasteiger partial charge in [-0.1, -0.05) is 24.9 Å². The molecule has 0 saturated heterocycles. The van der Waals surface area contributed by atoms with Gasteiger partial charge in [-0.25, -0.2) is 0 Å². The van der Waals surface area contributed by atoms with E-state index in [-0.39, 0.29) is 0 Å². The van der Waals surface area contributed by atoms with Crippen molar-refractivity contribution in [3.8, 4) is 0 Å². The zero-order chi connectivity index (χ0) is 13.9. The Morgan fingerprint density at radius 1 is 1.05 bits per heavy atom. The number of hydrogen-bond donors (Lipinski definition) is 0. The number of aromatic nitrogens is 1. The van der Waals surface area contributed by atoms with Crippen LogP contribution >= 0.6 is 0 Å². The molecule has 0 aliphatic heterocycles. The summed E-state index contributed by atoms with van der Waals surface area (Å²) < 4.78 is 4.82. The second-order valence-corrected chi connectivity index (χ2v) is 5.39. The minimum absolute atomic E-state index is 1.05. The van der Waals surface area contributed by atoms with Gasteiger partial charge < -0.3 is 14.3 Å². The summed E-state index contributed by atoms with van der Waals surface area (Å²) in [5.74, 6) is 0. The Balaban J connectivity index is 1.96. The largest absolute Gasteiger partial charge is 0.365 e. The van der Waals surface area contributed by atoms with E-state index in [2.05, 4.69) is 36.0 Å². The predicted molar refractivity (Wildman–Crippen MR) is 79.3 cm³/mol. The number of unbranched alkanes of at least 4 members (excludes halogenated alkanes) is 3. The highest BCUT2D eigenvalue weighted by atomic mass is 16.5. The summed E-state index contributed by atoms with van der Waals surface area (Å²) in [6.45, 7) is 6.98. The van der Waals surface area contributed by atoms with Gasteiger partial charge in [0.1, 0.15) is 6.26 Å². The summed E-state index contributed by atoms with van der Waals surface area (Å²) in [5.41, 5.74) is 1.08. The van der Waals surface area contributed by atoms with Crippen molar-refractivity contribution in [2.45, 2.75) is 39.0 Å². The Kier molecular flexibility index (Phi) is 8.50. The van der Waals surface area contributed by atoms with Crippen molar-refractivity contribution in [2.24, 2.45) is 0 Å². The van der Waals surface area contributed by atoms with Crippen molar-refractivity contribution in [3.63, 3.8) is 0 Å². The van der Waals surface area contributed by atoms with Crippen LogP contribution in [0.4, 0.5) is 0 Å². The number of hydrogen-bond acceptors (Lipinski definition) is 4. The van der Waals surface area contributed by atoms with Gasteiger partial charge in [0.15, 0.2) is 0 Å². The molecule has 1 rings (SSSR count). The fourth-order valence-electron chi connectivity index (χ4n) is 2.13. The maximum Gasteiger partial charge on any atom is 0.124 e. The third-order valence-corrected chi connectivity index (χ3v) is 3.46. The first-order chi connectivity index (χ1) is 9.22. The highest BCUT2D eigenvalue weighted by molar-refractivity contribution is 4.94. The molecule has 0 aromatic carbocycles. The number of rotatable bonds is 11. The van der Waals surface area contributed by atoms with Crippen LogP contribution in [0.2, 0.25) is 0 Å². The normalized spacial score (nSPS) is 11.6. The van der Waals surface area contributed by atoms with Crippen LogP contribution < -0.4 is 0 Å². The minimum Gasteiger partial charge on any atom is -0.365 e. The van der Waals surface area contributed by atoms with E-state index in [1.54, 1.807) is 6.26 Å². The molecule has 4 nitrogen and oxygen atoms in total. The molecule has 0 bridgehead atoms. The summed E-state index contributed by atoms with van der Waals surface area (Å²) in [7, 11) is 4.27. The molecule has 4 heteroatoms. The Labute approximate surface area is 117 Å². The highest BCUT2D eigenvalue weighted by Gasteiger charge is 2.02. The zero-order valence-electron chi connectivity index (χ0n) is 12.8. The van der Waals surface area contributed by atoms with Gasteiger partial charge in [0, 0.05) is 19.2 Å². The van der Waals surface area contributed by atoms with Crippen LogP contribution in [0.3, 0.4) is 0 Å². The second kappa shape index (κ2) is 9.98. The van der Waals surface area contributed by atoms with Crippen LogP contribution in [0.1, 0.15) is 38.3 Å². The van der Waals surface area contributed by atoms with Gasteiger partial charge in [-0.3, -0.25) is 0 Å². The molecule has 19 heavy (non-hydrogen) atoms. The Hall–Kier alpha value is -0.870. The molecule has 0 aliphatic rings. The molecule has 0 saturated carbocycles. The topological polar surface area (TPSA) is 32.5 Å². The molecular weight excluding hydrogens is 238 g/mol. The lowest BCUT2D eigenvalue weighted by atomic mass is 10.1. The van der Waals surface area contributed by atoms with E-state index >= 15 is 0 Å². The van der Waals surface area contributed by atoms with Crippen LogP contribution in [0.15, 0.2) is 16.9 Å². The van der Waals surface area contributed by atoms with E-state index in [4.69, 9.17) is 4.52 Å². The fourth-order valence-corrected chi connectivity index (χ4v) is 2.13. The predicted octanol–water partition coefficient (Wildman–Crippen LogP) is 2.66. The Morgan fingerprint density at radius 3 is 2.47 bits per heavy atom. The van der Waals surface area contributed by atoms with Crippen molar-refractivity contribution in [3.05, 3.63) is 18.0 Å². The highest BCUT2D eigenvalue weighted by Crippen LogP contribution is 2.06. The molecule has 1 aromatic rings. The molecular formula is C15H29N3O. The Bertz CT molecular complexity index is 298. The molecule has 0 aliphatic carbocycles. The van der Waals surface area contributed by atoms with Crippen molar-refractivity contribution < 1.29 is 4.52 Å². The van der Waals surface area contributed by atoms with Crippen molar-refractivity contribution in [1.82, 2.24) is 15.0 Å². The smallest absolute Gasteiger partial charge is 0.124 e. The maximum absolute atomic E-state index is 4.82. The van der Waals surface area contributed by atoms with Crippen LogP contribution in [-0.2, 0) is 6.42 Å². The monoisotopic (exact) mass is 267 g/mol. The summed E-state index contributed by atoms with van der Waals surface area (Å²) >= 11 is 0. The fraction of sp³-hybridized carbons (Fsp3) is 0.800. The first-order valence-electron chi connectivity index (χ1n) is 7.48. The number of aryl methyl sites for hydroxylation is 1. The van der Waals surface area contributed by atoms with Crippen molar-refractivity contribution in [2.75, 3.05) is 40.3 Å². The summed E-state index contributed by atoms with van der Waals surface area (Å²) in [6.07, 6.45) is 7.83. The zero-order valence-corrected chi connectivity index (χ0v) is 12.8. The van der Waals surface area contributed by atoms with Crippen LogP contribution in [0.25, 0.3) is 0 Å². The summed E-state index contributed by atoms with van der Waals surface area (Å²) in [5, 5.41) is 3.93. The molecule has 0 atom stereocenters. The van der Waals surface area contributed by atoms with Gasteiger partial charge >= 0.3 is 0 Å². The van der Waals surface area contributed by atoms with E-state index < -0.39 is 0 Å².